The molecule has 0 heterocycles. The minimum Gasteiger partial charge on any atom is -0.406 e. The van der Waals surface area contributed by atoms with Gasteiger partial charge in [-0.2, -0.15) is 0 Å². The Hall–Kier alpha value is 0.220. The van der Waals surface area contributed by atoms with Crippen molar-refractivity contribution in [3.05, 3.63) is 46.6 Å². The van der Waals surface area contributed by atoms with Crippen LogP contribution in [-0.2, 0) is 0 Å². The number of halogens is 6. The van der Waals surface area contributed by atoms with Crippen LogP contribution in [0.1, 0.15) is 5.56 Å². The Labute approximate surface area is 161 Å². The molecule has 0 aliphatic heterocycles. The van der Waals surface area contributed by atoms with Gasteiger partial charge in [0.05, 0.1) is 0 Å². The van der Waals surface area contributed by atoms with Crippen LogP contribution in [0.5, 0.6) is 5.75 Å². The van der Waals surface area contributed by atoms with Gasteiger partial charge in [0.1, 0.15) is 5.75 Å². The fourth-order valence-electron chi connectivity index (χ4n) is 1.73. The zero-order chi connectivity index (χ0) is 15.8. The van der Waals surface area contributed by atoms with Crippen molar-refractivity contribution in [3.63, 3.8) is 0 Å². The third-order valence-electron chi connectivity index (χ3n) is 2.77. The van der Waals surface area contributed by atoms with E-state index in [1.807, 2.05) is 41.6 Å². The first-order chi connectivity index (χ1) is 9.67. The van der Waals surface area contributed by atoms with Gasteiger partial charge in [-0.05, 0) is 122 Å². The predicted octanol–water partition coefficient (Wildman–Crippen LogP) is 6.37. The van der Waals surface area contributed by atoms with Gasteiger partial charge < -0.3 is 4.74 Å². The van der Waals surface area contributed by atoms with E-state index < -0.39 is 6.36 Å². The fraction of sp³-hybridized carbons (Fsp3) is 0.143. The zero-order valence-electron chi connectivity index (χ0n) is 10.6. The van der Waals surface area contributed by atoms with Crippen LogP contribution in [0.15, 0.2) is 30.3 Å². The molecule has 0 aliphatic carbocycles. The molecule has 0 amide bonds. The Morgan fingerprint density at radius 2 is 1.48 bits per heavy atom. The minimum atomic E-state index is -4.67. The lowest BCUT2D eigenvalue weighted by molar-refractivity contribution is -0.274. The molecule has 0 bridgehead atoms. The van der Waals surface area contributed by atoms with Crippen LogP contribution < -0.4 is 4.74 Å². The molecule has 0 spiro atoms. The van der Waals surface area contributed by atoms with Crippen LogP contribution in [0.3, 0.4) is 0 Å². The van der Waals surface area contributed by atoms with E-state index in [4.69, 9.17) is 0 Å². The average Bonchev–Trinajstić information content (AvgIpc) is 2.33. The Morgan fingerprint density at radius 1 is 0.905 bits per heavy atom. The third-order valence-corrected chi connectivity index (χ3v) is 5.90. The smallest absolute Gasteiger partial charge is 0.406 e. The molecule has 1 nitrogen and oxygen atoms in total. The second kappa shape index (κ2) is 6.77. The molecule has 0 saturated heterocycles. The predicted molar refractivity (Wildman–Crippen MR) is 101 cm³/mol. The van der Waals surface area contributed by atoms with E-state index in [-0.39, 0.29) is 5.75 Å². The summed E-state index contributed by atoms with van der Waals surface area (Å²) in [6, 6.07) is 8.44. The van der Waals surface area contributed by atoms with E-state index in [0.29, 0.717) is 3.57 Å². The van der Waals surface area contributed by atoms with Crippen LogP contribution in [0.25, 0.3) is 11.1 Å². The lowest BCUT2D eigenvalue weighted by atomic mass is 10.0. The first kappa shape index (κ1) is 17.6. The van der Waals surface area contributed by atoms with Crippen molar-refractivity contribution in [2.45, 2.75) is 13.3 Å². The monoisotopic (exact) mass is 630 g/mol. The summed E-state index contributed by atoms with van der Waals surface area (Å²) in [6.07, 6.45) is -4.67. The summed E-state index contributed by atoms with van der Waals surface area (Å²) >= 11 is 6.54. The molecule has 2 aromatic carbocycles. The number of hydrogen-bond acceptors (Lipinski definition) is 1. The van der Waals surface area contributed by atoms with Gasteiger partial charge in [0.15, 0.2) is 0 Å². The van der Waals surface area contributed by atoms with Crippen molar-refractivity contribution in [1.29, 1.82) is 0 Å². The number of ether oxygens (including phenoxy) is 1. The van der Waals surface area contributed by atoms with Crippen molar-refractivity contribution < 1.29 is 17.9 Å². The van der Waals surface area contributed by atoms with Crippen molar-refractivity contribution in [2.24, 2.45) is 0 Å². The third kappa shape index (κ3) is 4.60. The summed E-state index contributed by atoms with van der Waals surface area (Å²) in [4.78, 5) is 0. The molecule has 7 heteroatoms. The summed E-state index contributed by atoms with van der Waals surface area (Å²) in [5.74, 6) is -0.202. The van der Waals surface area contributed by atoms with Gasteiger partial charge in [0.2, 0.25) is 0 Å². The molecule has 0 N–H and O–H groups in total. The fourth-order valence-corrected chi connectivity index (χ4v) is 4.29. The largest absolute Gasteiger partial charge is 0.573 e. The minimum absolute atomic E-state index is 0.202. The van der Waals surface area contributed by atoms with E-state index in [1.165, 1.54) is 17.7 Å². The molecule has 0 aliphatic rings. The van der Waals surface area contributed by atoms with Crippen molar-refractivity contribution in [2.75, 3.05) is 0 Å². The topological polar surface area (TPSA) is 9.23 Å². The number of rotatable bonds is 2. The number of hydrogen-bond donors (Lipinski definition) is 0. The molecule has 0 aromatic heterocycles. The van der Waals surface area contributed by atoms with Gasteiger partial charge >= 0.3 is 6.36 Å². The lowest BCUT2D eigenvalue weighted by Gasteiger charge is -2.12. The quantitative estimate of drug-likeness (QED) is 0.351. The second-order valence-electron chi connectivity index (χ2n) is 4.25. The molecule has 0 fully saturated rings. The number of benzene rings is 2. The summed E-state index contributed by atoms with van der Waals surface area (Å²) < 4.78 is 43.6. The highest BCUT2D eigenvalue weighted by Crippen LogP contribution is 2.33. The van der Waals surface area contributed by atoms with Crippen molar-refractivity contribution in [3.8, 4) is 16.9 Å². The summed E-state index contributed by atoms with van der Waals surface area (Å²) in [7, 11) is 0. The van der Waals surface area contributed by atoms with Crippen LogP contribution >= 0.6 is 67.8 Å². The standard InChI is InChI=1S/C14H8F3I3O/c1-7-11(18)4-8(5-12(7)19)10-3-2-9(6-13(10)20)21-14(15,16)17/h2-6H,1H3. The molecule has 112 valence electrons. The van der Waals surface area contributed by atoms with Crippen LogP contribution in [0.4, 0.5) is 13.2 Å². The second-order valence-corrected chi connectivity index (χ2v) is 7.74. The van der Waals surface area contributed by atoms with E-state index in [2.05, 4.69) is 49.9 Å². The Bertz CT molecular complexity index is 661. The highest BCUT2D eigenvalue weighted by Gasteiger charge is 2.31. The van der Waals surface area contributed by atoms with Crippen LogP contribution in [0.2, 0.25) is 0 Å². The molecule has 0 atom stereocenters. The van der Waals surface area contributed by atoms with E-state index >= 15 is 0 Å². The lowest BCUT2D eigenvalue weighted by Crippen LogP contribution is -2.17. The zero-order valence-corrected chi connectivity index (χ0v) is 17.0. The SMILES string of the molecule is Cc1c(I)cc(-c2ccc(OC(F)(F)F)cc2I)cc1I. The highest BCUT2D eigenvalue weighted by atomic mass is 127. The molecule has 21 heavy (non-hydrogen) atoms. The molecule has 2 rings (SSSR count). The van der Waals surface area contributed by atoms with E-state index in [1.54, 1.807) is 6.07 Å². The van der Waals surface area contributed by atoms with Gasteiger partial charge in [-0.25, -0.2) is 0 Å². The number of alkyl halides is 3. The highest BCUT2D eigenvalue weighted by molar-refractivity contribution is 14.1. The summed E-state index contributed by atoms with van der Waals surface area (Å²) in [6.45, 7) is 2.04. The van der Waals surface area contributed by atoms with E-state index in [0.717, 1.165) is 18.3 Å². The molecule has 2 aromatic rings. The first-order valence-corrected chi connectivity index (χ1v) is 8.92. The summed E-state index contributed by atoms with van der Waals surface area (Å²) in [5.41, 5.74) is 3.07. The van der Waals surface area contributed by atoms with Gasteiger partial charge in [-0.1, -0.05) is 0 Å². The Morgan fingerprint density at radius 3 is 1.95 bits per heavy atom. The van der Waals surface area contributed by atoms with Gasteiger partial charge in [0, 0.05) is 10.7 Å². The Kier molecular flexibility index (Phi) is 5.66. The van der Waals surface area contributed by atoms with Crippen molar-refractivity contribution in [1.82, 2.24) is 0 Å². The van der Waals surface area contributed by atoms with Crippen LogP contribution in [-0.4, -0.2) is 6.36 Å². The summed E-state index contributed by atoms with van der Waals surface area (Å²) in [5, 5.41) is 0. The normalized spacial score (nSPS) is 11.6. The molecular weight excluding hydrogens is 622 g/mol. The van der Waals surface area contributed by atoms with Gasteiger partial charge in [0.25, 0.3) is 0 Å². The first-order valence-electron chi connectivity index (χ1n) is 5.68. The molecular formula is C14H8F3I3O. The maximum atomic E-state index is 12.2. The molecule has 0 unspecified atom stereocenters. The van der Waals surface area contributed by atoms with Crippen molar-refractivity contribution >= 4 is 67.8 Å². The van der Waals surface area contributed by atoms with Crippen LogP contribution in [0, 0.1) is 17.6 Å². The van der Waals surface area contributed by atoms with Gasteiger partial charge in [-0.15, -0.1) is 13.2 Å². The maximum Gasteiger partial charge on any atom is 0.573 e. The van der Waals surface area contributed by atoms with E-state index in [9.17, 15) is 13.2 Å². The molecule has 0 saturated carbocycles. The maximum absolute atomic E-state index is 12.2. The van der Waals surface area contributed by atoms with Gasteiger partial charge in [-0.3, -0.25) is 0 Å². The Balaban J connectivity index is 2.42. The average molecular weight is 630 g/mol. The molecule has 0 radical (unpaired) electrons.